The van der Waals surface area contributed by atoms with Crippen molar-refractivity contribution in [2.45, 2.75) is 33.6 Å². The molecule has 0 spiro atoms. The van der Waals surface area contributed by atoms with Crippen LogP contribution >= 0.6 is 15.9 Å². The van der Waals surface area contributed by atoms with E-state index in [0.717, 1.165) is 27.4 Å². The second-order valence-corrected chi connectivity index (χ2v) is 5.59. The van der Waals surface area contributed by atoms with E-state index in [4.69, 9.17) is 5.73 Å². The average molecular weight is 312 g/mol. The highest BCUT2D eigenvalue weighted by atomic mass is 79.9. The zero-order valence-corrected chi connectivity index (χ0v) is 12.9. The van der Waals surface area contributed by atoms with Crippen LogP contribution < -0.4 is 5.73 Å². The second-order valence-electron chi connectivity index (χ2n) is 4.80. The molecular weight excluding hydrogens is 294 g/mol. The van der Waals surface area contributed by atoms with E-state index >= 15 is 0 Å². The Kier molecular flexibility index (Phi) is 3.23. The van der Waals surface area contributed by atoms with Gasteiger partial charge in [0.15, 0.2) is 5.82 Å². The van der Waals surface area contributed by atoms with E-state index < -0.39 is 0 Å². The number of aryl methyl sites for hydroxylation is 2. The van der Waals surface area contributed by atoms with Gasteiger partial charge in [-0.05, 0) is 35.7 Å². The number of hydrogen-bond donors (Lipinski definition) is 1. The molecule has 0 radical (unpaired) electrons. The summed E-state index contributed by atoms with van der Waals surface area (Å²) in [5.41, 5.74) is 9.79. The molecule has 2 aromatic heterocycles. The van der Waals surface area contributed by atoms with Crippen LogP contribution in [0.25, 0.3) is 5.82 Å². The lowest BCUT2D eigenvalue weighted by atomic mass is 10.1. The van der Waals surface area contributed by atoms with Gasteiger partial charge < -0.3 is 5.73 Å². The molecule has 98 valence electrons. The molecular formula is C12H18BrN5. The third-order valence-electron chi connectivity index (χ3n) is 3.03. The first-order chi connectivity index (χ1) is 8.34. The zero-order valence-electron chi connectivity index (χ0n) is 11.3. The Hall–Kier alpha value is -1.30. The highest BCUT2D eigenvalue weighted by Crippen LogP contribution is 2.29. The van der Waals surface area contributed by atoms with Gasteiger partial charge in [0.2, 0.25) is 0 Å². The fraction of sp³-hybridized carbons (Fsp3) is 0.500. The van der Waals surface area contributed by atoms with Crippen LogP contribution in [0.3, 0.4) is 0 Å². The van der Waals surface area contributed by atoms with Gasteiger partial charge in [0.05, 0.1) is 21.6 Å². The summed E-state index contributed by atoms with van der Waals surface area (Å²) >= 11 is 3.53. The molecule has 2 heterocycles. The Morgan fingerprint density at radius 1 is 1.22 bits per heavy atom. The van der Waals surface area contributed by atoms with Crippen molar-refractivity contribution < 1.29 is 0 Å². The molecule has 0 aliphatic rings. The maximum Gasteiger partial charge on any atom is 0.175 e. The Morgan fingerprint density at radius 2 is 1.83 bits per heavy atom. The fourth-order valence-electron chi connectivity index (χ4n) is 2.06. The summed E-state index contributed by atoms with van der Waals surface area (Å²) in [4.78, 5) is 0. The van der Waals surface area contributed by atoms with Gasteiger partial charge in [0.25, 0.3) is 0 Å². The lowest BCUT2D eigenvalue weighted by Crippen LogP contribution is -2.08. The highest BCUT2D eigenvalue weighted by molar-refractivity contribution is 9.10. The molecule has 0 atom stereocenters. The van der Waals surface area contributed by atoms with Crippen LogP contribution in [0.2, 0.25) is 0 Å². The predicted molar refractivity (Wildman–Crippen MR) is 76.0 cm³/mol. The van der Waals surface area contributed by atoms with Crippen LogP contribution in [0, 0.1) is 13.8 Å². The van der Waals surface area contributed by atoms with Crippen LogP contribution in [0.15, 0.2) is 4.47 Å². The Labute approximate surface area is 115 Å². The normalized spacial score (nSPS) is 11.5. The molecule has 0 fully saturated rings. The van der Waals surface area contributed by atoms with Gasteiger partial charge in [0.1, 0.15) is 5.69 Å². The average Bonchev–Trinajstić information content (AvgIpc) is 2.71. The summed E-state index contributed by atoms with van der Waals surface area (Å²) in [7, 11) is 1.89. The monoisotopic (exact) mass is 311 g/mol. The number of hydrogen-bond acceptors (Lipinski definition) is 3. The number of halogens is 1. The Balaban J connectivity index is 2.68. The van der Waals surface area contributed by atoms with Crippen molar-refractivity contribution in [3.63, 3.8) is 0 Å². The molecule has 0 aliphatic heterocycles. The van der Waals surface area contributed by atoms with E-state index in [1.807, 2.05) is 25.6 Å². The number of rotatable bonds is 2. The molecule has 0 aromatic carbocycles. The highest BCUT2D eigenvalue weighted by Gasteiger charge is 2.20. The van der Waals surface area contributed by atoms with Crippen molar-refractivity contribution in [2.75, 3.05) is 5.73 Å². The van der Waals surface area contributed by atoms with Crippen molar-refractivity contribution in [3.05, 3.63) is 21.6 Å². The molecule has 2 rings (SSSR count). The lowest BCUT2D eigenvalue weighted by molar-refractivity contribution is 0.668. The first kappa shape index (κ1) is 13.1. The lowest BCUT2D eigenvalue weighted by Gasteiger charge is -2.06. The van der Waals surface area contributed by atoms with Crippen LogP contribution in [0.5, 0.6) is 0 Å². The van der Waals surface area contributed by atoms with Crippen LogP contribution in [0.1, 0.15) is 36.8 Å². The number of nitrogens with two attached hydrogens (primary N) is 1. The predicted octanol–water partition coefficient (Wildman–Crippen LogP) is 2.69. The van der Waals surface area contributed by atoms with Gasteiger partial charge in [0, 0.05) is 7.05 Å². The summed E-state index contributed by atoms with van der Waals surface area (Å²) in [6, 6.07) is 0. The number of nitrogens with zero attached hydrogens (tertiary/aromatic N) is 4. The second kappa shape index (κ2) is 4.42. The van der Waals surface area contributed by atoms with E-state index in [0.29, 0.717) is 11.6 Å². The summed E-state index contributed by atoms with van der Waals surface area (Å²) in [5.74, 6) is 1.12. The van der Waals surface area contributed by atoms with Crippen molar-refractivity contribution in [3.8, 4) is 5.82 Å². The van der Waals surface area contributed by atoms with Gasteiger partial charge in [-0.3, -0.25) is 0 Å². The van der Waals surface area contributed by atoms with Gasteiger partial charge in [-0.25, -0.2) is 9.36 Å². The Bertz CT molecular complexity index is 594. The molecule has 0 aliphatic carbocycles. The van der Waals surface area contributed by atoms with Gasteiger partial charge >= 0.3 is 0 Å². The third kappa shape index (κ3) is 1.84. The van der Waals surface area contributed by atoms with E-state index in [1.165, 1.54) is 0 Å². The molecule has 0 saturated carbocycles. The van der Waals surface area contributed by atoms with E-state index in [2.05, 4.69) is 40.0 Å². The first-order valence-corrected chi connectivity index (χ1v) is 6.68. The largest absolute Gasteiger partial charge is 0.394 e. The van der Waals surface area contributed by atoms with Crippen LogP contribution in [0.4, 0.5) is 5.69 Å². The maximum absolute atomic E-state index is 6.21. The topological polar surface area (TPSA) is 61.7 Å². The van der Waals surface area contributed by atoms with Gasteiger partial charge in [-0.1, -0.05) is 13.8 Å². The minimum absolute atomic E-state index is 0.297. The molecule has 0 saturated heterocycles. The quantitative estimate of drug-likeness (QED) is 0.927. The summed E-state index contributed by atoms with van der Waals surface area (Å²) in [6.45, 7) is 8.13. The molecule has 18 heavy (non-hydrogen) atoms. The van der Waals surface area contributed by atoms with Crippen molar-refractivity contribution >= 4 is 21.6 Å². The molecule has 2 N–H and O–H groups in total. The van der Waals surface area contributed by atoms with E-state index in [-0.39, 0.29) is 0 Å². The van der Waals surface area contributed by atoms with Crippen molar-refractivity contribution in [1.29, 1.82) is 0 Å². The Morgan fingerprint density at radius 3 is 2.22 bits per heavy atom. The standard InChI is InChI=1S/C12H18BrN5/c1-6(2)11-10(14)12(17(5)16-11)18-8(4)9(13)7(3)15-18/h6H,14H2,1-5H3. The summed E-state index contributed by atoms with van der Waals surface area (Å²) in [6.07, 6.45) is 0. The van der Waals surface area contributed by atoms with Crippen LogP contribution in [-0.4, -0.2) is 19.6 Å². The first-order valence-electron chi connectivity index (χ1n) is 5.89. The van der Waals surface area contributed by atoms with E-state index in [1.54, 1.807) is 4.68 Å². The van der Waals surface area contributed by atoms with E-state index in [9.17, 15) is 0 Å². The number of aromatic nitrogens is 4. The third-order valence-corrected chi connectivity index (χ3v) is 4.18. The number of nitrogen functional groups attached to an aromatic ring is 1. The molecule has 6 heteroatoms. The molecule has 0 unspecified atom stereocenters. The molecule has 5 nitrogen and oxygen atoms in total. The van der Waals surface area contributed by atoms with Gasteiger partial charge in [-0.2, -0.15) is 10.2 Å². The van der Waals surface area contributed by atoms with Crippen molar-refractivity contribution in [2.24, 2.45) is 7.05 Å². The fourth-order valence-corrected chi connectivity index (χ4v) is 2.31. The summed E-state index contributed by atoms with van der Waals surface area (Å²) in [5, 5.41) is 8.98. The smallest absolute Gasteiger partial charge is 0.175 e. The zero-order chi connectivity index (χ0) is 13.6. The van der Waals surface area contributed by atoms with Crippen molar-refractivity contribution in [1.82, 2.24) is 19.6 Å². The summed E-state index contributed by atoms with van der Waals surface area (Å²) < 4.78 is 4.64. The molecule has 0 amide bonds. The maximum atomic E-state index is 6.21. The number of anilines is 1. The minimum atomic E-state index is 0.297. The van der Waals surface area contributed by atoms with Crippen LogP contribution in [-0.2, 0) is 7.05 Å². The minimum Gasteiger partial charge on any atom is -0.394 e. The SMILES string of the molecule is Cc1nn(-c2c(N)c(C(C)C)nn2C)c(C)c1Br. The molecule has 0 bridgehead atoms. The molecule has 2 aromatic rings. The van der Waals surface area contributed by atoms with Gasteiger partial charge in [-0.15, -0.1) is 0 Å².